The first-order valence-corrected chi connectivity index (χ1v) is 12.9. The minimum absolute atomic E-state index is 0.0126. The Morgan fingerprint density at radius 2 is 1.14 bits per heavy atom. The summed E-state index contributed by atoms with van der Waals surface area (Å²) in [6.07, 6.45) is 7.30. The summed E-state index contributed by atoms with van der Waals surface area (Å²) in [7, 11) is -3.65. The van der Waals surface area contributed by atoms with Gasteiger partial charge in [-0.25, -0.2) is 19.9 Å². The molecule has 4 aromatic heterocycles. The number of aliphatic hydroxyl groups excluding tert-OH is 1. The van der Waals surface area contributed by atoms with E-state index >= 15 is 0 Å². The van der Waals surface area contributed by atoms with Gasteiger partial charge in [-0.2, -0.15) is 28.4 Å². The lowest BCUT2D eigenvalue weighted by Crippen LogP contribution is -2.08. The minimum atomic E-state index is -3.65. The van der Waals surface area contributed by atoms with E-state index in [2.05, 4.69) is 44.1 Å². The van der Waals surface area contributed by atoms with Crippen molar-refractivity contribution < 1.29 is 22.4 Å². The molecule has 0 unspecified atom stereocenters. The van der Waals surface area contributed by atoms with Gasteiger partial charge in [0.1, 0.15) is 27.2 Å². The van der Waals surface area contributed by atoms with E-state index in [0.717, 1.165) is 6.26 Å². The number of aliphatic hydroxyl groups is 1. The van der Waals surface area contributed by atoms with Crippen LogP contribution in [0.25, 0.3) is 0 Å². The normalized spacial score (nSPS) is 10.3. The Bertz CT molecular complexity index is 1340. The molecule has 4 aromatic rings. The van der Waals surface area contributed by atoms with Gasteiger partial charge >= 0.3 is 22.1 Å². The third-order valence-electron chi connectivity index (χ3n) is 3.22. The van der Waals surface area contributed by atoms with Gasteiger partial charge in [0, 0.05) is 36.9 Å². The van der Waals surface area contributed by atoms with Crippen molar-refractivity contribution in [2.45, 2.75) is 13.2 Å². The van der Waals surface area contributed by atoms with Crippen molar-refractivity contribution in [2.24, 2.45) is 0 Å². The molecule has 0 saturated heterocycles. The second-order valence-corrected chi connectivity index (χ2v) is 9.28. The molecule has 0 spiro atoms. The second kappa shape index (κ2) is 15.3. The highest BCUT2D eigenvalue weighted by Gasteiger charge is 2.09. The number of hydrogen-bond acceptors (Lipinski definition) is 13. The SMILES string of the molecule is CS(=O)(=O)Oc1nc(Cl)cc(Cl)n1.Clc1cc(Cl)nc(OCc2ncccn2)n1.OCc1ncccn1. The first-order chi connectivity index (χ1) is 17.5. The van der Waals surface area contributed by atoms with E-state index < -0.39 is 10.1 Å². The third-order valence-corrected chi connectivity index (χ3v) is 4.45. The zero-order valence-corrected chi connectivity index (χ0v) is 22.5. The van der Waals surface area contributed by atoms with E-state index in [-0.39, 0.29) is 45.8 Å². The van der Waals surface area contributed by atoms with Crippen molar-refractivity contribution in [2.75, 3.05) is 6.26 Å². The van der Waals surface area contributed by atoms with Gasteiger partial charge in [-0.05, 0) is 12.1 Å². The first-order valence-electron chi connectivity index (χ1n) is 9.59. The predicted octanol–water partition coefficient (Wildman–Crippen LogP) is 3.24. The molecule has 196 valence electrons. The minimum Gasteiger partial charge on any atom is -0.455 e. The van der Waals surface area contributed by atoms with Gasteiger partial charge in [0.15, 0.2) is 18.3 Å². The maximum absolute atomic E-state index is 10.6. The third kappa shape index (κ3) is 13.2. The summed E-state index contributed by atoms with van der Waals surface area (Å²) in [6, 6.07) is 5.83. The summed E-state index contributed by atoms with van der Waals surface area (Å²) in [5, 5.41) is 8.89. The smallest absolute Gasteiger partial charge is 0.335 e. The maximum Gasteiger partial charge on any atom is 0.335 e. The van der Waals surface area contributed by atoms with Crippen molar-refractivity contribution in [3.05, 3.63) is 81.3 Å². The fraction of sp³-hybridized carbons (Fsp3) is 0.158. The summed E-state index contributed by atoms with van der Waals surface area (Å²) in [5.74, 6) is 0.995. The largest absolute Gasteiger partial charge is 0.455 e. The zero-order chi connectivity index (χ0) is 27.3. The van der Waals surface area contributed by atoms with E-state index in [9.17, 15) is 8.42 Å². The van der Waals surface area contributed by atoms with Crippen LogP contribution in [0.2, 0.25) is 20.6 Å². The Balaban J connectivity index is 0.000000206. The molecule has 13 nitrogen and oxygen atoms in total. The lowest BCUT2D eigenvalue weighted by atomic mass is 10.6. The van der Waals surface area contributed by atoms with Gasteiger partial charge in [0.2, 0.25) is 0 Å². The standard InChI is InChI=1S/C9H6Cl2N4O.C5H4Cl2N2O3S.C5H6N2O/c10-6-4-7(11)15-9(14-6)16-5-8-12-2-1-3-13-8;1-13(10,11)12-5-8-3(6)2-4(7)9-5;8-4-5-6-2-1-3-7-5/h1-4H,5H2;2H,1H3;1-3,8H,4H2. The maximum atomic E-state index is 10.6. The number of rotatable bonds is 6. The Kier molecular flexibility index (Phi) is 12.5. The Labute approximate surface area is 231 Å². The molecule has 4 heterocycles. The number of nitrogens with zero attached hydrogens (tertiary/aromatic N) is 8. The Hall–Kier alpha value is -3.01. The van der Waals surface area contributed by atoms with Gasteiger partial charge in [-0.15, -0.1) is 0 Å². The lowest BCUT2D eigenvalue weighted by Gasteiger charge is -2.03. The van der Waals surface area contributed by atoms with Gasteiger partial charge in [-0.3, -0.25) is 0 Å². The van der Waals surface area contributed by atoms with Crippen LogP contribution in [0, 0.1) is 0 Å². The van der Waals surface area contributed by atoms with Crippen molar-refractivity contribution >= 4 is 56.5 Å². The molecule has 0 bridgehead atoms. The van der Waals surface area contributed by atoms with Gasteiger partial charge < -0.3 is 14.0 Å². The van der Waals surface area contributed by atoms with Gasteiger partial charge in [-0.1, -0.05) is 46.4 Å². The number of aromatic nitrogens is 8. The summed E-state index contributed by atoms with van der Waals surface area (Å²) >= 11 is 22.3. The molecule has 0 aliphatic carbocycles. The summed E-state index contributed by atoms with van der Waals surface area (Å²) in [6.45, 7) is 0.0817. The summed E-state index contributed by atoms with van der Waals surface area (Å²) in [5.41, 5.74) is 0. The van der Waals surface area contributed by atoms with Crippen LogP contribution in [-0.2, 0) is 23.3 Å². The average molecular weight is 610 g/mol. The van der Waals surface area contributed by atoms with Crippen LogP contribution in [-0.4, -0.2) is 59.7 Å². The molecule has 0 radical (unpaired) electrons. The summed E-state index contributed by atoms with van der Waals surface area (Å²) in [4.78, 5) is 30.1. The molecular formula is C19H16Cl4N8O5S. The van der Waals surface area contributed by atoms with Crippen LogP contribution < -0.4 is 8.92 Å². The highest BCUT2D eigenvalue weighted by molar-refractivity contribution is 7.86. The van der Waals surface area contributed by atoms with Gasteiger partial charge in [0.25, 0.3) is 0 Å². The molecule has 37 heavy (non-hydrogen) atoms. The molecule has 0 aromatic carbocycles. The Morgan fingerprint density at radius 1 is 0.730 bits per heavy atom. The number of ether oxygens (including phenoxy) is 1. The number of halogens is 4. The van der Waals surface area contributed by atoms with Crippen molar-refractivity contribution in [1.29, 1.82) is 0 Å². The van der Waals surface area contributed by atoms with Crippen molar-refractivity contribution in [1.82, 2.24) is 39.9 Å². The van der Waals surface area contributed by atoms with E-state index in [1.807, 2.05) is 0 Å². The monoisotopic (exact) mass is 608 g/mol. The van der Waals surface area contributed by atoms with Crippen molar-refractivity contribution in [3.8, 4) is 12.0 Å². The molecule has 0 amide bonds. The van der Waals surface area contributed by atoms with Crippen LogP contribution in [0.1, 0.15) is 11.6 Å². The van der Waals surface area contributed by atoms with Crippen LogP contribution in [0.5, 0.6) is 12.0 Å². The second-order valence-electron chi connectivity index (χ2n) is 6.16. The van der Waals surface area contributed by atoms with Crippen LogP contribution in [0.4, 0.5) is 0 Å². The predicted molar refractivity (Wildman–Crippen MR) is 134 cm³/mol. The fourth-order valence-corrected chi connectivity index (χ4v) is 3.08. The first kappa shape index (κ1) is 30.2. The quantitative estimate of drug-likeness (QED) is 0.249. The highest BCUT2D eigenvalue weighted by atomic mass is 35.5. The Morgan fingerprint density at radius 3 is 1.51 bits per heavy atom. The number of hydrogen-bond donors (Lipinski definition) is 1. The fourth-order valence-electron chi connectivity index (χ4n) is 1.92. The molecule has 0 saturated carbocycles. The molecular weight excluding hydrogens is 594 g/mol. The van der Waals surface area contributed by atoms with Crippen LogP contribution >= 0.6 is 46.4 Å². The van der Waals surface area contributed by atoms with Crippen LogP contribution in [0.15, 0.2) is 49.1 Å². The van der Waals surface area contributed by atoms with Crippen molar-refractivity contribution in [3.63, 3.8) is 0 Å². The van der Waals surface area contributed by atoms with E-state index in [0.29, 0.717) is 11.6 Å². The summed E-state index contributed by atoms with van der Waals surface area (Å²) < 4.78 is 30.9. The zero-order valence-electron chi connectivity index (χ0n) is 18.6. The van der Waals surface area contributed by atoms with Crippen LogP contribution in [0.3, 0.4) is 0 Å². The molecule has 0 atom stereocenters. The van der Waals surface area contributed by atoms with E-state index in [1.165, 1.54) is 12.1 Å². The van der Waals surface area contributed by atoms with E-state index in [4.69, 9.17) is 56.2 Å². The topological polar surface area (TPSA) is 176 Å². The molecule has 4 rings (SSSR count). The molecule has 0 aliphatic heterocycles. The molecule has 0 aliphatic rings. The molecule has 18 heteroatoms. The highest BCUT2D eigenvalue weighted by Crippen LogP contribution is 2.17. The molecule has 0 fully saturated rings. The molecule has 1 N–H and O–H groups in total. The average Bonchev–Trinajstić information content (AvgIpc) is 2.82. The lowest BCUT2D eigenvalue weighted by molar-refractivity contribution is 0.271. The van der Waals surface area contributed by atoms with E-state index in [1.54, 1.807) is 36.9 Å². The van der Waals surface area contributed by atoms with Gasteiger partial charge in [0.05, 0.1) is 6.26 Å².